The zero-order chi connectivity index (χ0) is 18.9. The summed E-state index contributed by atoms with van der Waals surface area (Å²) in [5, 5.41) is 2.56. The van der Waals surface area contributed by atoms with E-state index in [0.29, 0.717) is 13.1 Å². The van der Waals surface area contributed by atoms with Crippen molar-refractivity contribution in [2.45, 2.75) is 17.7 Å². The van der Waals surface area contributed by atoms with Crippen LogP contribution >= 0.6 is 0 Å². The summed E-state index contributed by atoms with van der Waals surface area (Å²) < 4.78 is 46.7. The van der Waals surface area contributed by atoms with Crippen molar-refractivity contribution in [2.24, 2.45) is 7.05 Å². The number of carbonyl (C=O) groups is 1. The second kappa shape index (κ2) is 7.08. The highest BCUT2D eigenvalue weighted by atomic mass is 32.2. The zero-order valence-electron chi connectivity index (χ0n) is 14.5. The number of ether oxygens (including phenoxy) is 1. The number of amides is 1. The Labute approximate surface area is 151 Å². The molecule has 1 aromatic heterocycles. The minimum atomic E-state index is -3.61. The quantitative estimate of drug-likeness (QED) is 0.861. The molecule has 0 unspecified atom stereocenters. The van der Waals surface area contributed by atoms with E-state index in [1.165, 1.54) is 40.4 Å². The Kier molecular flexibility index (Phi) is 5.01. The Bertz CT molecular complexity index is 933. The van der Waals surface area contributed by atoms with E-state index in [2.05, 4.69) is 5.32 Å². The van der Waals surface area contributed by atoms with Crippen LogP contribution in [0.1, 0.15) is 23.3 Å². The van der Waals surface area contributed by atoms with Crippen molar-refractivity contribution in [1.82, 2.24) is 8.87 Å². The molecule has 0 radical (unpaired) electrons. The minimum Gasteiger partial charge on any atom is -0.494 e. The lowest BCUT2D eigenvalue weighted by Crippen LogP contribution is -2.27. The van der Waals surface area contributed by atoms with E-state index in [1.54, 1.807) is 7.05 Å². The monoisotopic (exact) mass is 381 g/mol. The number of anilines is 1. The highest BCUT2D eigenvalue weighted by molar-refractivity contribution is 7.89. The molecule has 7 nitrogen and oxygen atoms in total. The standard InChI is InChI=1S/C17H20FN3O4S/c1-20-11-13(26(23,24)21-7-3-4-8-21)10-15(20)17(22)19-12-5-6-16(25-2)14(18)9-12/h5-6,9-11H,3-4,7-8H2,1-2H3,(H,19,22). The predicted molar refractivity (Wildman–Crippen MR) is 94.3 cm³/mol. The lowest BCUT2D eigenvalue weighted by Gasteiger charge is -2.13. The molecule has 2 aromatic rings. The maximum Gasteiger partial charge on any atom is 0.272 e. The molecule has 1 aliphatic heterocycles. The van der Waals surface area contributed by atoms with E-state index in [1.807, 2.05) is 0 Å². The number of aromatic nitrogens is 1. The SMILES string of the molecule is COc1ccc(NC(=O)c2cc(S(=O)(=O)N3CCCC3)cn2C)cc1F. The third kappa shape index (κ3) is 3.45. The zero-order valence-corrected chi connectivity index (χ0v) is 15.3. The first-order chi connectivity index (χ1) is 12.3. The van der Waals surface area contributed by atoms with E-state index in [9.17, 15) is 17.6 Å². The highest BCUT2D eigenvalue weighted by Crippen LogP contribution is 2.24. The Morgan fingerprint density at radius 2 is 1.92 bits per heavy atom. The third-order valence-electron chi connectivity index (χ3n) is 4.32. The number of nitrogens with zero attached hydrogens (tertiary/aromatic N) is 2. The number of halogens is 1. The molecule has 3 rings (SSSR count). The van der Waals surface area contributed by atoms with Crippen molar-refractivity contribution in [3.63, 3.8) is 0 Å². The van der Waals surface area contributed by atoms with Crippen LogP contribution in [0.2, 0.25) is 0 Å². The summed E-state index contributed by atoms with van der Waals surface area (Å²) in [7, 11) is -0.667. The molecule has 1 saturated heterocycles. The van der Waals surface area contributed by atoms with Crippen molar-refractivity contribution in [1.29, 1.82) is 0 Å². The van der Waals surface area contributed by atoms with Crippen LogP contribution in [0.15, 0.2) is 35.4 Å². The number of sulfonamides is 1. The van der Waals surface area contributed by atoms with Gasteiger partial charge in [-0.2, -0.15) is 4.31 Å². The van der Waals surface area contributed by atoms with Gasteiger partial charge in [0.15, 0.2) is 11.6 Å². The van der Waals surface area contributed by atoms with Crippen molar-refractivity contribution in [2.75, 3.05) is 25.5 Å². The first-order valence-electron chi connectivity index (χ1n) is 8.14. The fourth-order valence-corrected chi connectivity index (χ4v) is 4.51. The molecule has 1 aliphatic rings. The number of benzene rings is 1. The average molecular weight is 381 g/mol. The van der Waals surface area contributed by atoms with Crippen LogP contribution in [0.25, 0.3) is 0 Å². The van der Waals surface area contributed by atoms with Gasteiger partial charge in [-0.15, -0.1) is 0 Å². The summed E-state index contributed by atoms with van der Waals surface area (Å²) in [5.74, 6) is -1.06. The number of rotatable bonds is 5. The second-order valence-corrected chi connectivity index (χ2v) is 8.02. The number of hydrogen-bond acceptors (Lipinski definition) is 4. The Morgan fingerprint density at radius 1 is 1.23 bits per heavy atom. The van der Waals surface area contributed by atoms with Crippen molar-refractivity contribution in [3.8, 4) is 5.75 Å². The summed E-state index contributed by atoms with van der Waals surface area (Å²) in [6.07, 6.45) is 3.09. The lowest BCUT2D eigenvalue weighted by atomic mass is 10.2. The summed E-state index contributed by atoms with van der Waals surface area (Å²) in [6.45, 7) is 0.980. The number of carbonyl (C=O) groups excluding carboxylic acids is 1. The van der Waals surface area contributed by atoms with Crippen molar-refractivity contribution < 1.29 is 22.3 Å². The van der Waals surface area contributed by atoms with Crippen LogP contribution in [0, 0.1) is 5.82 Å². The maximum atomic E-state index is 13.7. The van der Waals surface area contributed by atoms with Crippen LogP contribution in [0.3, 0.4) is 0 Å². The molecular formula is C17H20FN3O4S. The lowest BCUT2D eigenvalue weighted by molar-refractivity contribution is 0.101. The van der Waals surface area contributed by atoms with E-state index in [0.717, 1.165) is 18.9 Å². The molecule has 1 fully saturated rings. The van der Waals surface area contributed by atoms with E-state index < -0.39 is 21.7 Å². The summed E-state index contributed by atoms with van der Waals surface area (Å²) in [6, 6.07) is 5.38. The highest BCUT2D eigenvalue weighted by Gasteiger charge is 2.29. The molecule has 26 heavy (non-hydrogen) atoms. The predicted octanol–water partition coefficient (Wildman–Crippen LogP) is 2.21. The van der Waals surface area contributed by atoms with Gasteiger partial charge < -0.3 is 14.6 Å². The van der Waals surface area contributed by atoms with Gasteiger partial charge in [-0.25, -0.2) is 12.8 Å². The number of aryl methyl sites for hydroxylation is 1. The van der Waals surface area contributed by atoms with Gasteiger partial charge in [0, 0.05) is 38.1 Å². The normalized spacial score (nSPS) is 15.2. The van der Waals surface area contributed by atoms with Gasteiger partial charge in [-0.05, 0) is 31.0 Å². The Balaban J connectivity index is 1.82. The molecule has 2 heterocycles. The van der Waals surface area contributed by atoms with Gasteiger partial charge in [0.1, 0.15) is 10.6 Å². The molecule has 140 valence electrons. The van der Waals surface area contributed by atoms with Gasteiger partial charge in [-0.1, -0.05) is 0 Å². The molecular weight excluding hydrogens is 361 g/mol. The molecule has 0 aliphatic carbocycles. The van der Waals surface area contributed by atoms with Crippen LogP contribution in [-0.4, -0.2) is 43.4 Å². The van der Waals surface area contributed by atoms with Gasteiger partial charge in [-0.3, -0.25) is 4.79 Å². The van der Waals surface area contributed by atoms with Crippen LogP contribution in [0.4, 0.5) is 10.1 Å². The molecule has 0 bridgehead atoms. The van der Waals surface area contributed by atoms with Gasteiger partial charge in [0.2, 0.25) is 10.0 Å². The second-order valence-electron chi connectivity index (χ2n) is 6.09. The first-order valence-corrected chi connectivity index (χ1v) is 9.58. The molecule has 1 aromatic carbocycles. The Hall–Kier alpha value is -2.39. The minimum absolute atomic E-state index is 0.0702. The summed E-state index contributed by atoms with van der Waals surface area (Å²) >= 11 is 0. The van der Waals surface area contributed by atoms with E-state index >= 15 is 0 Å². The van der Waals surface area contributed by atoms with E-state index in [-0.39, 0.29) is 22.0 Å². The topological polar surface area (TPSA) is 80.6 Å². The summed E-state index contributed by atoms with van der Waals surface area (Å²) in [4.78, 5) is 12.5. The van der Waals surface area contributed by atoms with Crippen LogP contribution in [0.5, 0.6) is 5.75 Å². The molecule has 1 N–H and O–H groups in total. The third-order valence-corrected chi connectivity index (χ3v) is 6.19. The van der Waals surface area contributed by atoms with Gasteiger partial charge in [0.05, 0.1) is 7.11 Å². The molecule has 0 atom stereocenters. The molecule has 9 heteroatoms. The largest absolute Gasteiger partial charge is 0.494 e. The average Bonchev–Trinajstić information content (AvgIpc) is 3.25. The number of methoxy groups -OCH3 is 1. The fraction of sp³-hybridized carbons (Fsp3) is 0.353. The molecule has 0 spiro atoms. The smallest absolute Gasteiger partial charge is 0.272 e. The van der Waals surface area contributed by atoms with Crippen molar-refractivity contribution in [3.05, 3.63) is 42.0 Å². The maximum absolute atomic E-state index is 13.7. The summed E-state index contributed by atoms with van der Waals surface area (Å²) in [5.41, 5.74) is 0.414. The van der Waals surface area contributed by atoms with Gasteiger partial charge in [0.25, 0.3) is 5.91 Å². The van der Waals surface area contributed by atoms with Crippen molar-refractivity contribution >= 4 is 21.6 Å². The molecule has 1 amide bonds. The van der Waals surface area contributed by atoms with Gasteiger partial charge >= 0.3 is 0 Å². The first kappa shape index (κ1) is 18.4. The van der Waals surface area contributed by atoms with Crippen LogP contribution in [-0.2, 0) is 17.1 Å². The Morgan fingerprint density at radius 3 is 2.54 bits per heavy atom. The van der Waals surface area contributed by atoms with Crippen LogP contribution < -0.4 is 10.1 Å². The number of nitrogens with one attached hydrogen (secondary N) is 1. The van der Waals surface area contributed by atoms with E-state index in [4.69, 9.17) is 4.74 Å². The number of hydrogen-bond donors (Lipinski definition) is 1. The molecule has 0 saturated carbocycles. The fourth-order valence-electron chi connectivity index (χ4n) is 2.92.